The summed E-state index contributed by atoms with van der Waals surface area (Å²) in [5.74, 6) is 3.53. The number of nitrogens with two attached hydrogens (primary N) is 1. The quantitative estimate of drug-likeness (QED) is 0.607. The summed E-state index contributed by atoms with van der Waals surface area (Å²) in [5, 5.41) is 0. The highest BCUT2D eigenvalue weighted by Crippen LogP contribution is 2.18. The van der Waals surface area contributed by atoms with Crippen LogP contribution in [0.4, 0.5) is 0 Å². The topological polar surface area (TPSA) is 61.9 Å². The van der Waals surface area contributed by atoms with E-state index in [-0.39, 0.29) is 5.91 Å². The van der Waals surface area contributed by atoms with Crippen molar-refractivity contribution in [2.45, 2.75) is 19.8 Å². The van der Waals surface area contributed by atoms with Gasteiger partial charge < -0.3 is 15.5 Å². The highest BCUT2D eigenvalue weighted by Gasteiger charge is 2.28. The summed E-state index contributed by atoms with van der Waals surface area (Å²) in [5.41, 5.74) is 6.02. The van der Waals surface area contributed by atoms with Crippen molar-refractivity contribution in [3.8, 4) is 0 Å². The lowest BCUT2D eigenvalue weighted by Gasteiger charge is -2.27. The zero-order valence-corrected chi connectivity index (χ0v) is 12.5. The molecule has 0 spiro atoms. The molecule has 19 heavy (non-hydrogen) atoms. The van der Waals surface area contributed by atoms with Gasteiger partial charge in [0.25, 0.3) is 0 Å². The predicted molar refractivity (Wildman–Crippen MR) is 80.4 cm³/mol. The fourth-order valence-corrected chi connectivity index (χ4v) is 3.48. The molecule has 2 rings (SSSR count). The average Bonchev–Trinajstić information content (AvgIpc) is 2.78. The number of thioether (sulfide) groups is 1. The number of guanidine groups is 1. The Labute approximate surface area is 119 Å². The molecule has 0 saturated carbocycles. The second kappa shape index (κ2) is 7.03. The molecule has 1 unspecified atom stereocenters. The van der Waals surface area contributed by atoms with Gasteiger partial charge in [0.1, 0.15) is 0 Å². The molecule has 1 amide bonds. The average molecular weight is 284 g/mol. The van der Waals surface area contributed by atoms with Crippen LogP contribution in [-0.2, 0) is 4.79 Å². The summed E-state index contributed by atoms with van der Waals surface area (Å²) in [6.45, 7) is 6.49. The lowest BCUT2D eigenvalue weighted by atomic mass is 10.1. The van der Waals surface area contributed by atoms with Crippen molar-refractivity contribution in [2.75, 3.05) is 44.2 Å². The van der Waals surface area contributed by atoms with Gasteiger partial charge in [0, 0.05) is 56.6 Å². The van der Waals surface area contributed by atoms with Crippen LogP contribution in [0.25, 0.3) is 0 Å². The maximum Gasteiger partial charge on any atom is 0.222 e. The van der Waals surface area contributed by atoms with Crippen molar-refractivity contribution in [2.24, 2.45) is 16.6 Å². The third-order valence-electron chi connectivity index (χ3n) is 3.63. The number of hydrogen-bond donors (Lipinski definition) is 1. The lowest BCUT2D eigenvalue weighted by molar-refractivity contribution is -0.127. The molecule has 6 heteroatoms. The van der Waals surface area contributed by atoms with Crippen LogP contribution in [0, 0.1) is 5.92 Å². The van der Waals surface area contributed by atoms with Gasteiger partial charge in [0.2, 0.25) is 5.91 Å². The summed E-state index contributed by atoms with van der Waals surface area (Å²) in [6, 6.07) is 0. The van der Waals surface area contributed by atoms with Crippen molar-refractivity contribution >= 4 is 23.6 Å². The number of carbonyl (C=O) groups is 1. The molecule has 2 aliphatic heterocycles. The van der Waals surface area contributed by atoms with E-state index >= 15 is 0 Å². The molecule has 2 heterocycles. The van der Waals surface area contributed by atoms with Crippen LogP contribution in [0.15, 0.2) is 4.99 Å². The fraction of sp³-hybridized carbons (Fsp3) is 0.846. The Balaban J connectivity index is 1.80. The highest BCUT2D eigenvalue weighted by molar-refractivity contribution is 7.99. The molecule has 2 N–H and O–H groups in total. The largest absolute Gasteiger partial charge is 0.370 e. The number of rotatable bonds is 4. The number of hydrogen-bond acceptors (Lipinski definition) is 3. The third-order valence-corrected chi connectivity index (χ3v) is 4.58. The molecule has 2 saturated heterocycles. The Morgan fingerprint density at radius 2 is 2.21 bits per heavy atom. The van der Waals surface area contributed by atoms with E-state index in [1.807, 2.05) is 16.7 Å². The minimum atomic E-state index is 0.273. The van der Waals surface area contributed by atoms with E-state index in [2.05, 4.69) is 16.8 Å². The molecule has 5 nitrogen and oxygen atoms in total. The molecule has 2 fully saturated rings. The molecular weight excluding hydrogens is 260 g/mol. The van der Waals surface area contributed by atoms with Crippen molar-refractivity contribution in [1.82, 2.24) is 9.80 Å². The summed E-state index contributed by atoms with van der Waals surface area (Å²) in [7, 11) is 0. The summed E-state index contributed by atoms with van der Waals surface area (Å²) in [6.07, 6.45) is 1.65. The van der Waals surface area contributed by atoms with Crippen LogP contribution >= 0.6 is 11.8 Å². The van der Waals surface area contributed by atoms with Gasteiger partial charge in [-0.05, 0) is 6.42 Å². The SMILES string of the molecule is CCCN1CC(CN=C(N)N2CCSCC2)CC1=O. The van der Waals surface area contributed by atoms with E-state index < -0.39 is 0 Å². The van der Waals surface area contributed by atoms with Gasteiger partial charge in [-0.15, -0.1) is 0 Å². The summed E-state index contributed by atoms with van der Waals surface area (Å²) < 4.78 is 0. The second-order valence-corrected chi connectivity index (χ2v) is 6.43. The van der Waals surface area contributed by atoms with Crippen molar-refractivity contribution in [3.05, 3.63) is 0 Å². The van der Waals surface area contributed by atoms with Crippen molar-refractivity contribution < 1.29 is 4.79 Å². The lowest BCUT2D eigenvalue weighted by Crippen LogP contribution is -2.43. The number of likely N-dealkylation sites (tertiary alicyclic amines) is 1. The first kappa shape index (κ1) is 14.5. The van der Waals surface area contributed by atoms with Crippen molar-refractivity contribution in [1.29, 1.82) is 0 Å². The smallest absolute Gasteiger partial charge is 0.222 e. The standard InChI is InChI=1S/C13H24N4OS/c1-2-3-17-10-11(8-12(17)18)9-15-13(14)16-4-6-19-7-5-16/h11H,2-10H2,1H3,(H2,14,15). The second-order valence-electron chi connectivity index (χ2n) is 5.21. The highest BCUT2D eigenvalue weighted by atomic mass is 32.2. The Bertz CT molecular complexity index is 342. The number of carbonyl (C=O) groups excluding carboxylic acids is 1. The van der Waals surface area contributed by atoms with Crippen LogP contribution in [0.3, 0.4) is 0 Å². The van der Waals surface area contributed by atoms with Gasteiger partial charge in [-0.3, -0.25) is 9.79 Å². The van der Waals surface area contributed by atoms with E-state index in [4.69, 9.17) is 5.73 Å². The first-order chi connectivity index (χ1) is 9.20. The zero-order chi connectivity index (χ0) is 13.7. The van der Waals surface area contributed by atoms with Crippen LogP contribution in [0.2, 0.25) is 0 Å². The van der Waals surface area contributed by atoms with Crippen molar-refractivity contribution in [3.63, 3.8) is 0 Å². The van der Waals surface area contributed by atoms with Crippen LogP contribution in [-0.4, -0.2) is 65.9 Å². The Hall–Kier alpha value is -0.910. The van der Waals surface area contributed by atoms with E-state index in [0.29, 0.717) is 24.8 Å². The predicted octanol–water partition coefficient (Wildman–Crippen LogP) is 0.608. The van der Waals surface area contributed by atoms with Gasteiger partial charge in [-0.25, -0.2) is 0 Å². The van der Waals surface area contributed by atoms with Gasteiger partial charge in [0.05, 0.1) is 0 Å². The van der Waals surface area contributed by atoms with Gasteiger partial charge >= 0.3 is 0 Å². The fourth-order valence-electron chi connectivity index (χ4n) is 2.58. The number of amides is 1. The zero-order valence-electron chi connectivity index (χ0n) is 11.7. The molecule has 2 aliphatic rings. The Morgan fingerprint density at radius 3 is 2.89 bits per heavy atom. The maximum atomic E-state index is 11.8. The molecule has 0 aliphatic carbocycles. The molecule has 0 aromatic heterocycles. The Morgan fingerprint density at radius 1 is 1.47 bits per heavy atom. The van der Waals surface area contributed by atoms with E-state index in [0.717, 1.165) is 44.1 Å². The Kier molecular flexibility index (Phi) is 5.36. The van der Waals surface area contributed by atoms with Crippen LogP contribution in [0.1, 0.15) is 19.8 Å². The van der Waals surface area contributed by atoms with Crippen LogP contribution < -0.4 is 5.73 Å². The summed E-state index contributed by atoms with van der Waals surface area (Å²) in [4.78, 5) is 20.3. The van der Waals surface area contributed by atoms with E-state index in [9.17, 15) is 4.79 Å². The molecule has 0 aromatic carbocycles. The number of nitrogens with zero attached hydrogens (tertiary/aromatic N) is 3. The van der Waals surface area contributed by atoms with Gasteiger partial charge in [-0.2, -0.15) is 11.8 Å². The minimum Gasteiger partial charge on any atom is -0.370 e. The molecule has 0 aromatic rings. The molecule has 1 atom stereocenters. The molecular formula is C13H24N4OS. The molecule has 0 bridgehead atoms. The van der Waals surface area contributed by atoms with Gasteiger partial charge in [0.15, 0.2) is 5.96 Å². The molecule has 108 valence electrons. The summed E-state index contributed by atoms with van der Waals surface area (Å²) >= 11 is 1.96. The van der Waals surface area contributed by atoms with Crippen LogP contribution in [0.5, 0.6) is 0 Å². The normalized spacial score (nSPS) is 25.2. The third kappa shape index (κ3) is 4.03. The maximum absolute atomic E-state index is 11.8. The number of aliphatic imine (C=N–C) groups is 1. The first-order valence-electron chi connectivity index (χ1n) is 7.11. The van der Waals surface area contributed by atoms with E-state index in [1.54, 1.807) is 0 Å². The minimum absolute atomic E-state index is 0.273. The first-order valence-corrected chi connectivity index (χ1v) is 8.26. The van der Waals surface area contributed by atoms with Gasteiger partial charge in [-0.1, -0.05) is 6.92 Å². The monoisotopic (exact) mass is 284 g/mol. The van der Waals surface area contributed by atoms with E-state index in [1.165, 1.54) is 0 Å². The molecule has 0 radical (unpaired) electrons.